The third kappa shape index (κ3) is 3.19. The van der Waals surface area contributed by atoms with E-state index in [-0.39, 0.29) is 17.1 Å². The summed E-state index contributed by atoms with van der Waals surface area (Å²) in [7, 11) is 0. The Balaban J connectivity index is 2.38. The van der Waals surface area contributed by atoms with E-state index in [1.165, 1.54) is 23.5 Å². The van der Waals surface area contributed by atoms with E-state index in [1.54, 1.807) is 18.2 Å². The third-order valence-corrected chi connectivity index (χ3v) is 4.56. The van der Waals surface area contributed by atoms with Gasteiger partial charge in [0.15, 0.2) is 0 Å². The topological polar surface area (TPSA) is 26.3 Å². The Labute approximate surface area is 121 Å². The SMILES string of the molecule is Cc1cc(C(=O)c2ccccc2OC(F)F)sc1Br. The van der Waals surface area contributed by atoms with Gasteiger partial charge in [0, 0.05) is 0 Å². The molecule has 0 aliphatic heterocycles. The lowest BCUT2D eigenvalue weighted by atomic mass is 10.1. The van der Waals surface area contributed by atoms with Gasteiger partial charge in [0.25, 0.3) is 0 Å². The summed E-state index contributed by atoms with van der Waals surface area (Å²) in [5.41, 5.74) is 1.07. The van der Waals surface area contributed by atoms with E-state index in [4.69, 9.17) is 0 Å². The van der Waals surface area contributed by atoms with Crippen LogP contribution in [0.3, 0.4) is 0 Å². The Morgan fingerprint density at radius 2 is 2.05 bits per heavy atom. The number of aryl methyl sites for hydroxylation is 1. The Hall–Kier alpha value is -1.27. The molecule has 0 bridgehead atoms. The van der Waals surface area contributed by atoms with Crippen LogP contribution in [0.1, 0.15) is 20.8 Å². The Morgan fingerprint density at radius 3 is 2.63 bits per heavy atom. The Kier molecular flexibility index (Phi) is 4.31. The van der Waals surface area contributed by atoms with Gasteiger partial charge >= 0.3 is 6.61 Å². The average molecular weight is 347 g/mol. The lowest BCUT2D eigenvalue weighted by Crippen LogP contribution is -2.08. The van der Waals surface area contributed by atoms with Gasteiger partial charge in [-0.1, -0.05) is 12.1 Å². The molecule has 0 radical (unpaired) electrons. The number of benzene rings is 1. The van der Waals surface area contributed by atoms with Crippen molar-refractivity contribution in [2.75, 3.05) is 0 Å². The summed E-state index contributed by atoms with van der Waals surface area (Å²) in [4.78, 5) is 12.8. The zero-order valence-corrected chi connectivity index (χ0v) is 12.2. The van der Waals surface area contributed by atoms with Crippen molar-refractivity contribution < 1.29 is 18.3 Å². The number of hydrogen-bond donors (Lipinski definition) is 0. The summed E-state index contributed by atoms with van der Waals surface area (Å²) < 4.78 is 29.8. The lowest BCUT2D eigenvalue weighted by molar-refractivity contribution is -0.0501. The molecular weight excluding hydrogens is 338 g/mol. The second kappa shape index (κ2) is 5.79. The molecule has 1 aromatic carbocycles. The monoisotopic (exact) mass is 346 g/mol. The fourth-order valence-corrected chi connectivity index (χ4v) is 3.05. The van der Waals surface area contributed by atoms with E-state index in [2.05, 4.69) is 20.7 Å². The van der Waals surface area contributed by atoms with Crippen molar-refractivity contribution in [2.45, 2.75) is 13.5 Å². The minimum absolute atomic E-state index is 0.107. The van der Waals surface area contributed by atoms with Crippen LogP contribution in [0, 0.1) is 6.92 Å². The average Bonchev–Trinajstić information content (AvgIpc) is 2.69. The molecule has 1 heterocycles. The number of ether oxygens (including phenoxy) is 1. The van der Waals surface area contributed by atoms with Crippen LogP contribution in [-0.4, -0.2) is 12.4 Å². The number of thiophene rings is 1. The van der Waals surface area contributed by atoms with Gasteiger partial charge in [-0.15, -0.1) is 11.3 Å². The summed E-state index contributed by atoms with van der Waals surface area (Å²) in [6.45, 7) is -1.09. The maximum absolute atomic E-state index is 12.3. The Bertz CT molecular complexity index is 591. The second-order valence-electron chi connectivity index (χ2n) is 3.77. The van der Waals surface area contributed by atoms with Crippen molar-refractivity contribution in [1.82, 2.24) is 0 Å². The highest BCUT2D eigenvalue weighted by Gasteiger charge is 2.19. The number of rotatable bonds is 4. The van der Waals surface area contributed by atoms with Crippen LogP contribution in [0.4, 0.5) is 8.78 Å². The van der Waals surface area contributed by atoms with Gasteiger partial charge in [0.05, 0.1) is 14.2 Å². The summed E-state index contributed by atoms with van der Waals surface area (Å²) >= 11 is 4.60. The molecule has 0 aliphatic carbocycles. The molecule has 2 aromatic rings. The maximum atomic E-state index is 12.3. The standard InChI is InChI=1S/C13H9BrF2O2S/c1-7-6-10(19-12(7)14)11(17)8-4-2-3-5-9(8)18-13(15)16/h2-6,13H,1H3. The predicted octanol–water partition coefficient (Wildman–Crippen LogP) is 4.65. The number of carbonyl (C=O) groups excluding carboxylic acids is 1. The van der Waals surface area contributed by atoms with Gasteiger partial charge in [-0.25, -0.2) is 0 Å². The largest absolute Gasteiger partial charge is 0.434 e. The van der Waals surface area contributed by atoms with Crippen molar-refractivity contribution >= 4 is 33.0 Å². The molecule has 0 amide bonds. The molecule has 0 atom stereocenters. The molecule has 0 aliphatic rings. The highest BCUT2D eigenvalue weighted by atomic mass is 79.9. The van der Waals surface area contributed by atoms with Crippen LogP contribution in [0.15, 0.2) is 34.1 Å². The minimum atomic E-state index is -2.95. The number of para-hydroxylation sites is 1. The molecule has 0 saturated carbocycles. The van der Waals surface area contributed by atoms with Gasteiger partial charge < -0.3 is 4.74 Å². The second-order valence-corrected chi connectivity index (χ2v) is 6.14. The lowest BCUT2D eigenvalue weighted by Gasteiger charge is -2.08. The first kappa shape index (κ1) is 14.1. The fourth-order valence-electron chi connectivity index (χ4n) is 1.56. The van der Waals surface area contributed by atoms with Crippen molar-refractivity contribution in [3.8, 4) is 5.75 Å². The van der Waals surface area contributed by atoms with Gasteiger partial charge in [-0.2, -0.15) is 8.78 Å². The number of hydrogen-bond acceptors (Lipinski definition) is 3. The maximum Gasteiger partial charge on any atom is 0.387 e. The quantitative estimate of drug-likeness (QED) is 0.753. The van der Waals surface area contributed by atoms with Gasteiger partial charge in [-0.05, 0) is 46.6 Å². The molecule has 19 heavy (non-hydrogen) atoms. The van der Waals surface area contributed by atoms with E-state index in [1.807, 2.05) is 6.92 Å². The highest BCUT2D eigenvalue weighted by molar-refractivity contribution is 9.11. The van der Waals surface area contributed by atoms with Gasteiger partial charge in [0.1, 0.15) is 5.75 Å². The van der Waals surface area contributed by atoms with Crippen LogP contribution in [0.25, 0.3) is 0 Å². The number of halogens is 3. The van der Waals surface area contributed by atoms with Crippen molar-refractivity contribution in [2.24, 2.45) is 0 Å². The van der Waals surface area contributed by atoms with E-state index < -0.39 is 6.61 Å². The molecule has 0 N–H and O–H groups in total. The number of alkyl halides is 2. The molecule has 1 aromatic heterocycles. The minimum Gasteiger partial charge on any atom is -0.434 e. The van der Waals surface area contributed by atoms with Crippen molar-refractivity contribution in [3.05, 3.63) is 50.1 Å². The van der Waals surface area contributed by atoms with E-state index >= 15 is 0 Å². The van der Waals surface area contributed by atoms with Crippen LogP contribution in [0.2, 0.25) is 0 Å². The molecule has 100 valence electrons. The zero-order valence-electron chi connectivity index (χ0n) is 9.82. The first-order chi connectivity index (χ1) is 8.99. The van der Waals surface area contributed by atoms with Gasteiger partial charge in [0.2, 0.25) is 5.78 Å². The van der Waals surface area contributed by atoms with E-state index in [9.17, 15) is 13.6 Å². The molecule has 2 nitrogen and oxygen atoms in total. The summed E-state index contributed by atoms with van der Waals surface area (Å²) in [6, 6.07) is 7.71. The van der Waals surface area contributed by atoms with E-state index in [0.717, 1.165) is 9.35 Å². The molecule has 0 spiro atoms. The normalized spacial score (nSPS) is 10.8. The summed E-state index contributed by atoms with van der Waals surface area (Å²) in [6.07, 6.45) is 0. The number of ketones is 1. The number of carbonyl (C=O) groups is 1. The fraction of sp³-hybridized carbons (Fsp3) is 0.154. The molecule has 0 fully saturated rings. The predicted molar refractivity (Wildman–Crippen MR) is 73.3 cm³/mol. The van der Waals surface area contributed by atoms with Crippen LogP contribution in [0.5, 0.6) is 5.75 Å². The Morgan fingerprint density at radius 1 is 1.37 bits per heavy atom. The first-order valence-corrected chi connectivity index (χ1v) is 6.94. The van der Waals surface area contributed by atoms with Gasteiger partial charge in [-0.3, -0.25) is 4.79 Å². The van der Waals surface area contributed by atoms with Crippen molar-refractivity contribution in [1.29, 1.82) is 0 Å². The third-order valence-electron chi connectivity index (χ3n) is 2.43. The zero-order chi connectivity index (χ0) is 14.0. The van der Waals surface area contributed by atoms with E-state index in [0.29, 0.717) is 4.88 Å². The molecule has 0 unspecified atom stereocenters. The summed E-state index contributed by atoms with van der Waals surface area (Å²) in [5.74, 6) is -0.431. The highest BCUT2D eigenvalue weighted by Crippen LogP contribution is 2.31. The van der Waals surface area contributed by atoms with Crippen LogP contribution < -0.4 is 4.74 Å². The molecule has 0 saturated heterocycles. The van der Waals surface area contributed by atoms with Crippen LogP contribution in [-0.2, 0) is 0 Å². The summed E-state index contributed by atoms with van der Waals surface area (Å²) in [5, 5.41) is 0. The smallest absolute Gasteiger partial charge is 0.387 e. The first-order valence-electron chi connectivity index (χ1n) is 5.33. The molecular formula is C13H9BrF2O2S. The molecule has 6 heteroatoms. The molecule has 2 rings (SSSR count). The van der Waals surface area contributed by atoms with Crippen molar-refractivity contribution in [3.63, 3.8) is 0 Å². The van der Waals surface area contributed by atoms with Crippen LogP contribution >= 0.6 is 27.3 Å².